The molecular formula is C16H26FIN4O. The standard InChI is InChI=1S/C16H25FN4O.HI/c1-12(2)21-15(22)8-10-20-16(18-3)19-9-7-13-5-4-6-14(17)11-13;/h4-6,11-12H,7-10H2,1-3H3,(H,21,22)(H2,18,19,20);1H. The smallest absolute Gasteiger partial charge is 0.221 e. The van der Waals surface area contributed by atoms with Crippen LogP contribution in [0.4, 0.5) is 4.39 Å². The molecule has 23 heavy (non-hydrogen) atoms. The van der Waals surface area contributed by atoms with Gasteiger partial charge in [-0.05, 0) is 38.0 Å². The number of amides is 1. The fourth-order valence-corrected chi connectivity index (χ4v) is 1.93. The van der Waals surface area contributed by atoms with Gasteiger partial charge in [-0.25, -0.2) is 4.39 Å². The minimum Gasteiger partial charge on any atom is -0.356 e. The van der Waals surface area contributed by atoms with E-state index < -0.39 is 0 Å². The number of nitrogens with one attached hydrogen (secondary N) is 3. The summed E-state index contributed by atoms with van der Waals surface area (Å²) in [7, 11) is 1.67. The van der Waals surface area contributed by atoms with Crippen LogP contribution in [0.5, 0.6) is 0 Å². The third kappa shape index (κ3) is 10.1. The number of hydrogen-bond acceptors (Lipinski definition) is 2. The fraction of sp³-hybridized carbons (Fsp3) is 0.500. The molecule has 0 radical (unpaired) electrons. The second kappa shape index (κ2) is 12.1. The van der Waals surface area contributed by atoms with Gasteiger partial charge in [0, 0.05) is 32.6 Å². The molecule has 0 bridgehead atoms. The van der Waals surface area contributed by atoms with Gasteiger partial charge in [0.1, 0.15) is 5.82 Å². The molecule has 1 rings (SSSR count). The fourth-order valence-electron chi connectivity index (χ4n) is 1.93. The van der Waals surface area contributed by atoms with E-state index in [1.165, 1.54) is 12.1 Å². The molecule has 0 saturated heterocycles. The van der Waals surface area contributed by atoms with E-state index in [1.54, 1.807) is 13.1 Å². The van der Waals surface area contributed by atoms with Gasteiger partial charge in [0.05, 0.1) is 0 Å². The van der Waals surface area contributed by atoms with E-state index in [0.717, 1.165) is 5.56 Å². The van der Waals surface area contributed by atoms with Crippen LogP contribution in [0.2, 0.25) is 0 Å². The minimum atomic E-state index is -0.226. The molecule has 7 heteroatoms. The number of halogens is 2. The summed E-state index contributed by atoms with van der Waals surface area (Å²) < 4.78 is 13.1. The van der Waals surface area contributed by atoms with E-state index >= 15 is 0 Å². The van der Waals surface area contributed by atoms with Crippen molar-refractivity contribution >= 4 is 35.8 Å². The number of benzene rings is 1. The maximum atomic E-state index is 13.1. The summed E-state index contributed by atoms with van der Waals surface area (Å²) in [6, 6.07) is 6.69. The predicted molar refractivity (Wildman–Crippen MR) is 103 cm³/mol. The highest BCUT2D eigenvalue weighted by Gasteiger charge is 2.04. The van der Waals surface area contributed by atoms with Crippen LogP contribution < -0.4 is 16.0 Å². The maximum absolute atomic E-state index is 13.1. The lowest BCUT2D eigenvalue weighted by atomic mass is 10.1. The molecule has 3 N–H and O–H groups in total. The number of carbonyl (C=O) groups excluding carboxylic acids is 1. The average Bonchev–Trinajstić information content (AvgIpc) is 2.45. The zero-order valence-corrected chi connectivity index (χ0v) is 16.2. The summed E-state index contributed by atoms with van der Waals surface area (Å²) in [6.07, 6.45) is 1.09. The Labute approximate surface area is 154 Å². The number of guanidine groups is 1. The molecule has 0 aromatic heterocycles. The summed E-state index contributed by atoms with van der Waals surface area (Å²) in [6.45, 7) is 5.01. The Hall–Kier alpha value is -1.38. The van der Waals surface area contributed by atoms with Gasteiger partial charge in [-0.3, -0.25) is 9.79 Å². The molecule has 130 valence electrons. The van der Waals surface area contributed by atoms with Crippen LogP contribution in [0.3, 0.4) is 0 Å². The molecule has 0 unspecified atom stereocenters. The maximum Gasteiger partial charge on any atom is 0.221 e. The molecule has 1 aromatic rings. The first-order valence-electron chi connectivity index (χ1n) is 7.49. The van der Waals surface area contributed by atoms with Crippen LogP contribution in [-0.4, -0.2) is 38.0 Å². The van der Waals surface area contributed by atoms with Crippen LogP contribution in [0.1, 0.15) is 25.8 Å². The molecular weight excluding hydrogens is 410 g/mol. The van der Waals surface area contributed by atoms with Crippen molar-refractivity contribution in [3.8, 4) is 0 Å². The molecule has 0 fully saturated rings. The molecule has 0 spiro atoms. The van der Waals surface area contributed by atoms with Gasteiger partial charge in [0.15, 0.2) is 5.96 Å². The number of hydrogen-bond donors (Lipinski definition) is 3. The van der Waals surface area contributed by atoms with Gasteiger partial charge in [-0.15, -0.1) is 24.0 Å². The van der Waals surface area contributed by atoms with Crippen LogP contribution in [0.25, 0.3) is 0 Å². The van der Waals surface area contributed by atoms with Crippen molar-refractivity contribution in [3.05, 3.63) is 35.6 Å². The predicted octanol–water partition coefficient (Wildman–Crippen LogP) is 2.07. The summed E-state index contributed by atoms with van der Waals surface area (Å²) in [5.74, 6) is 0.419. The quantitative estimate of drug-likeness (QED) is 0.349. The summed E-state index contributed by atoms with van der Waals surface area (Å²) >= 11 is 0. The molecule has 1 aromatic carbocycles. The second-order valence-corrected chi connectivity index (χ2v) is 5.28. The van der Waals surface area contributed by atoms with Crippen molar-refractivity contribution < 1.29 is 9.18 Å². The van der Waals surface area contributed by atoms with E-state index in [2.05, 4.69) is 20.9 Å². The van der Waals surface area contributed by atoms with Crippen LogP contribution in [-0.2, 0) is 11.2 Å². The van der Waals surface area contributed by atoms with Crippen LogP contribution in [0.15, 0.2) is 29.3 Å². The Morgan fingerprint density at radius 2 is 1.96 bits per heavy atom. The summed E-state index contributed by atoms with van der Waals surface area (Å²) in [5.41, 5.74) is 0.930. The van der Waals surface area contributed by atoms with Gasteiger partial charge < -0.3 is 16.0 Å². The van der Waals surface area contributed by atoms with Gasteiger partial charge in [0.25, 0.3) is 0 Å². The van der Waals surface area contributed by atoms with E-state index in [1.807, 2.05) is 19.9 Å². The number of carbonyl (C=O) groups is 1. The number of aliphatic imine (C=N–C) groups is 1. The first-order chi connectivity index (χ1) is 10.5. The van der Waals surface area contributed by atoms with Gasteiger partial charge in [-0.1, -0.05) is 12.1 Å². The Morgan fingerprint density at radius 3 is 2.57 bits per heavy atom. The van der Waals surface area contributed by atoms with Crippen molar-refractivity contribution in [2.45, 2.75) is 32.7 Å². The zero-order valence-electron chi connectivity index (χ0n) is 13.9. The molecule has 0 aliphatic rings. The zero-order chi connectivity index (χ0) is 16.4. The molecule has 0 atom stereocenters. The minimum absolute atomic E-state index is 0. The van der Waals surface area contributed by atoms with Crippen molar-refractivity contribution in [2.24, 2.45) is 4.99 Å². The molecule has 5 nitrogen and oxygen atoms in total. The Bertz CT molecular complexity index is 509. The van der Waals surface area contributed by atoms with Gasteiger partial charge in [-0.2, -0.15) is 0 Å². The van der Waals surface area contributed by atoms with E-state index in [0.29, 0.717) is 31.9 Å². The molecule has 0 saturated carbocycles. The highest BCUT2D eigenvalue weighted by molar-refractivity contribution is 14.0. The van der Waals surface area contributed by atoms with Crippen LogP contribution in [0, 0.1) is 5.82 Å². The third-order valence-electron chi connectivity index (χ3n) is 2.91. The number of rotatable bonds is 7. The summed E-state index contributed by atoms with van der Waals surface area (Å²) in [5, 5.41) is 9.04. The first kappa shape index (κ1) is 21.6. The molecule has 1 amide bonds. The molecule has 0 aliphatic heterocycles. The van der Waals surface area contributed by atoms with E-state index in [4.69, 9.17) is 0 Å². The lowest BCUT2D eigenvalue weighted by Gasteiger charge is -2.12. The highest BCUT2D eigenvalue weighted by atomic mass is 127. The highest BCUT2D eigenvalue weighted by Crippen LogP contribution is 2.03. The number of nitrogens with zero attached hydrogens (tertiary/aromatic N) is 1. The van der Waals surface area contributed by atoms with Crippen molar-refractivity contribution in [3.63, 3.8) is 0 Å². The van der Waals surface area contributed by atoms with E-state index in [-0.39, 0.29) is 41.7 Å². The Morgan fingerprint density at radius 1 is 1.26 bits per heavy atom. The third-order valence-corrected chi connectivity index (χ3v) is 2.91. The first-order valence-corrected chi connectivity index (χ1v) is 7.49. The largest absolute Gasteiger partial charge is 0.356 e. The second-order valence-electron chi connectivity index (χ2n) is 5.28. The topological polar surface area (TPSA) is 65.5 Å². The lowest BCUT2D eigenvalue weighted by molar-refractivity contribution is -0.121. The van der Waals surface area contributed by atoms with E-state index in [9.17, 15) is 9.18 Å². The van der Waals surface area contributed by atoms with Crippen LogP contribution >= 0.6 is 24.0 Å². The normalized spacial score (nSPS) is 10.9. The molecule has 0 heterocycles. The van der Waals surface area contributed by atoms with Crippen molar-refractivity contribution in [2.75, 3.05) is 20.1 Å². The Balaban J connectivity index is 0.00000484. The van der Waals surface area contributed by atoms with Gasteiger partial charge >= 0.3 is 0 Å². The monoisotopic (exact) mass is 436 g/mol. The lowest BCUT2D eigenvalue weighted by Crippen LogP contribution is -2.40. The average molecular weight is 436 g/mol. The summed E-state index contributed by atoms with van der Waals surface area (Å²) in [4.78, 5) is 15.6. The molecule has 0 aliphatic carbocycles. The SMILES string of the molecule is CN=C(NCCC(=O)NC(C)C)NCCc1cccc(F)c1.I. The van der Waals surface area contributed by atoms with Gasteiger partial charge in [0.2, 0.25) is 5.91 Å². The van der Waals surface area contributed by atoms with Crippen molar-refractivity contribution in [1.82, 2.24) is 16.0 Å². The Kier molecular flexibility index (Phi) is 11.4. The van der Waals surface area contributed by atoms with Crippen molar-refractivity contribution in [1.29, 1.82) is 0 Å².